The van der Waals surface area contributed by atoms with Crippen LogP contribution < -0.4 is 20.7 Å². The summed E-state index contributed by atoms with van der Waals surface area (Å²) in [6.45, 7) is 11.2. The molecule has 0 saturated carbocycles. The molecule has 0 unspecified atom stereocenters. The molecular formula is C33H40Cl2N8O6S. The molecule has 50 heavy (non-hydrogen) atoms. The predicted octanol–water partition coefficient (Wildman–Crippen LogP) is 6.32. The van der Waals surface area contributed by atoms with Crippen LogP contribution in [0.5, 0.6) is 5.75 Å². The minimum absolute atomic E-state index is 0.138. The van der Waals surface area contributed by atoms with Gasteiger partial charge in [0, 0.05) is 37.8 Å². The normalized spacial score (nSPS) is 11.5. The highest BCUT2D eigenvalue weighted by Gasteiger charge is 2.23. The number of hydrogen-bond donors (Lipinski definition) is 3. The number of nitrogens with zero attached hydrogens (tertiary/aromatic N) is 5. The van der Waals surface area contributed by atoms with Crippen molar-refractivity contribution in [2.45, 2.75) is 59.3 Å². The molecule has 0 radical (unpaired) electrons. The number of hydrogen-bond acceptors (Lipinski definition) is 12. The minimum Gasteiger partial charge on any atom is -0.484 e. The average molecular weight is 748 g/mol. The van der Waals surface area contributed by atoms with Gasteiger partial charge in [0.05, 0.1) is 38.7 Å². The molecule has 268 valence electrons. The van der Waals surface area contributed by atoms with Crippen molar-refractivity contribution in [3.8, 4) is 17.0 Å². The zero-order valence-electron chi connectivity index (χ0n) is 28.6. The molecule has 4 aromatic rings. The van der Waals surface area contributed by atoms with Crippen LogP contribution in [0.3, 0.4) is 0 Å². The first kappa shape index (κ1) is 38.3. The number of rotatable bonds is 13. The fraction of sp³-hybridized carbons (Fsp3) is 0.424. The molecule has 4 rings (SSSR count). The largest absolute Gasteiger partial charge is 0.484 e. The number of aromatic nitrogens is 4. The Labute approximate surface area is 304 Å². The maximum absolute atomic E-state index is 12.8. The van der Waals surface area contributed by atoms with E-state index in [0.717, 1.165) is 9.71 Å². The Kier molecular flexibility index (Phi) is 13.0. The standard InChI is InChI=1S/C33H40Cl2N8O6S/c1-32(2,3)48-30(45)37-13-15-43(31(46)49-33(4,5)6)14-12-36-26(44)19-47-20-10-11-25-23(16-20)40-27(50-25)18-38-29-41-24(17-39-42-29)28-21(34)8-7-9-22(28)35/h7-11,16-17H,12-15,18-19H2,1-6H3,(H,36,44)(H,37,45)(H,38,41,42). The van der Waals surface area contributed by atoms with Gasteiger partial charge in [-0.2, -0.15) is 5.10 Å². The molecule has 14 nitrogen and oxygen atoms in total. The number of halogens is 2. The summed E-state index contributed by atoms with van der Waals surface area (Å²) >= 11 is 14.1. The Morgan fingerprint density at radius 2 is 1.58 bits per heavy atom. The van der Waals surface area contributed by atoms with E-state index < -0.39 is 23.4 Å². The van der Waals surface area contributed by atoms with Crippen molar-refractivity contribution in [2.24, 2.45) is 0 Å². The number of fused-ring (bicyclic) bond motifs is 1. The molecule has 0 aliphatic rings. The van der Waals surface area contributed by atoms with Crippen molar-refractivity contribution in [2.75, 3.05) is 38.1 Å². The molecule has 0 fully saturated rings. The third kappa shape index (κ3) is 12.1. The first-order valence-electron chi connectivity index (χ1n) is 15.7. The predicted molar refractivity (Wildman–Crippen MR) is 193 cm³/mol. The van der Waals surface area contributed by atoms with Crippen LogP contribution in [0.4, 0.5) is 15.5 Å². The molecule has 3 amide bonds. The summed E-state index contributed by atoms with van der Waals surface area (Å²) in [5, 5.41) is 18.3. The van der Waals surface area contributed by atoms with Crippen molar-refractivity contribution >= 4 is 68.8 Å². The molecule has 0 atom stereocenters. The lowest BCUT2D eigenvalue weighted by molar-refractivity contribution is -0.123. The Hall–Kier alpha value is -4.47. The zero-order chi connectivity index (χ0) is 36.5. The number of anilines is 1. The van der Waals surface area contributed by atoms with Crippen LogP contribution in [0.2, 0.25) is 10.0 Å². The molecular weight excluding hydrogens is 707 g/mol. The van der Waals surface area contributed by atoms with Gasteiger partial charge in [0.1, 0.15) is 22.0 Å². The van der Waals surface area contributed by atoms with Crippen molar-refractivity contribution in [1.29, 1.82) is 0 Å². The number of nitrogens with one attached hydrogen (secondary N) is 3. The highest BCUT2D eigenvalue weighted by Crippen LogP contribution is 2.33. The van der Waals surface area contributed by atoms with Crippen molar-refractivity contribution < 1.29 is 28.6 Å². The fourth-order valence-electron chi connectivity index (χ4n) is 4.27. The van der Waals surface area contributed by atoms with E-state index in [9.17, 15) is 14.4 Å². The lowest BCUT2D eigenvalue weighted by atomic mass is 10.1. The van der Waals surface area contributed by atoms with Crippen LogP contribution in [-0.4, -0.2) is 87.1 Å². The van der Waals surface area contributed by atoms with Gasteiger partial charge in [0.25, 0.3) is 5.91 Å². The van der Waals surface area contributed by atoms with Crippen LogP contribution in [0.1, 0.15) is 46.6 Å². The first-order valence-corrected chi connectivity index (χ1v) is 17.3. The second-order valence-electron chi connectivity index (χ2n) is 12.9. The Morgan fingerprint density at radius 3 is 2.26 bits per heavy atom. The van der Waals surface area contributed by atoms with Crippen molar-refractivity contribution in [3.63, 3.8) is 0 Å². The first-order chi connectivity index (χ1) is 23.6. The van der Waals surface area contributed by atoms with E-state index in [1.165, 1.54) is 22.4 Å². The Morgan fingerprint density at radius 1 is 0.900 bits per heavy atom. The smallest absolute Gasteiger partial charge is 0.410 e. The fourth-order valence-corrected chi connectivity index (χ4v) is 5.75. The summed E-state index contributed by atoms with van der Waals surface area (Å²) in [5.41, 5.74) is 0.396. The number of carbonyl (C=O) groups is 3. The number of alkyl carbamates (subject to hydrolysis) is 1. The average Bonchev–Trinajstić information content (AvgIpc) is 3.43. The van der Waals surface area contributed by atoms with E-state index in [0.29, 0.717) is 45.1 Å². The molecule has 0 aliphatic carbocycles. The van der Waals surface area contributed by atoms with E-state index in [1.807, 2.05) is 6.07 Å². The molecule has 17 heteroatoms. The summed E-state index contributed by atoms with van der Waals surface area (Å²) in [4.78, 5) is 47.9. The second-order valence-corrected chi connectivity index (χ2v) is 14.8. The highest BCUT2D eigenvalue weighted by atomic mass is 35.5. The van der Waals surface area contributed by atoms with E-state index in [-0.39, 0.29) is 38.7 Å². The summed E-state index contributed by atoms with van der Waals surface area (Å²) in [5.74, 6) is 0.385. The minimum atomic E-state index is -0.717. The number of ether oxygens (including phenoxy) is 3. The monoisotopic (exact) mass is 746 g/mol. The summed E-state index contributed by atoms with van der Waals surface area (Å²) in [7, 11) is 0. The van der Waals surface area contributed by atoms with Crippen LogP contribution in [0.25, 0.3) is 21.5 Å². The third-order valence-corrected chi connectivity index (χ3v) is 8.02. The van der Waals surface area contributed by atoms with E-state index in [2.05, 4.69) is 36.1 Å². The lowest BCUT2D eigenvalue weighted by Crippen LogP contribution is -2.45. The van der Waals surface area contributed by atoms with Crippen molar-refractivity contribution in [1.82, 2.24) is 35.7 Å². The lowest BCUT2D eigenvalue weighted by Gasteiger charge is -2.28. The van der Waals surface area contributed by atoms with Gasteiger partial charge in [-0.3, -0.25) is 4.79 Å². The van der Waals surface area contributed by atoms with E-state index >= 15 is 0 Å². The van der Waals surface area contributed by atoms with Crippen LogP contribution in [0.15, 0.2) is 42.6 Å². The Balaban J connectivity index is 1.26. The topological polar surface area (TPSA) is 170 Å². The summed E-state index contributed by atoms with van der Waals surface area (Å²) < 4.78 is 17.4. The van der Waals surface area contributed by atoms with Crippen LogP contribution in [-0.2, 0) is 20.8 Å². The molecule has 0 bridgehead atoms. The van der Waals surface area contributed by atoms with Gasteiger partial charge in [0.15, 0.2) is 6.61 Å². The molecule has 0 aliphatic heterocycles. The molecule has 2 heterocycles. The van der Waals surface area contributed by atoms with Gasteiger partial charge in [0.2, 0.25) is 5.95 Å². The van der Waals surface area contributed by atoms with E-state index in [1.54, 1.807) is 71.9 Å². The maximum Gasteiger partial charge on any atom is 0.410 e. The SMILES string of the molecule is CC(C)(C)OC(=O)NCCN(CCNC(=O)COc1ccc2sc(CNc3nncc(-c4c(Cl)cccc4Cl)n3)nc2c1)C(=O)OC(C)(C)C. The summed E-state index contributed by atoms with van der Waals surface area (Å²) in [6, 6.07) is 10.6. The van der Waals surface area contributed by atoms with Crippen molar-refractivity contribution in [3.05, 3.63) is 57.6 Å². The number of amides is 3. The van der Waals surface area contributed by atoms with Gasteiger partial charge in [-0.05, 0) is 65.8 Å². The van der Waals surface area contributed by atoms with Gasteiger partial charge in [-0.15, -0.1) is 16.4 Å². The van der Waals surface area contributed by atoms with E-state index in [4.69, 9.17) is 37.4 Å². The summed E-state index contributed by atoms with van der Waals surface area (Å²) in [6.07, 6.45) is 0.329. The quantitative estimate of drug-likeness (QED) is 0.140. The molecule has 0 saturated heterocycles. The number of thiazole rings is 1. The number of benzene rings is 2. The highest BCUT2D eigenvalue weighted by molar-refractivity contribution is 7.18. The van der Waals surface area contributed by atoms with Gasteiger partial charge in [-0.25, -0.2) is 19.6 Å². The molecule has 0 spiro atoms. The van der Waals surface area contributed by atoms with Crippen LogP contribution in [0, 0.1) is 0 Å². The third-order valence-electron chi connectivity index (χ3n) is 6.35. The Bertz CT molecular complexity index is 1790. The van der Waals surface area contributed by atoms with Crippen LogP contribution >= 0.6 is 34.5 Å². The molecule has 2 aromatic heterocycles. The molecule has 2 aromatic carbocycles. The van der Waals surface area contributed by atoms with Gasteiger partial charge >= 0.3 is 12.2 Å². The molecule has 3 N–H and O–H groups in total. The zero-order valence-corrected chi connectivity index (χ0v) is 31.0. The van der Waals surface area contributed by atoms with Gasteiger partial charge < -0.3 is 35.1 Å². The maximum atomic E-state index is 12.8. The number of carbonyl (C=O) groups excluding carboxylic acids is 3. The van der Waals surface area contributed by atoms with Gasteiger partial charge in [-0.1, -0.05) is 29.3 Å². The second kappa shape index (κ2) is 17.0.